The molecule has 240 valence electrons. The normalized spacial score (nSPS) is 11.4. The molecule has 1 aromatic heterocycles. The molecule has 0 bridgehead atoms. The van der Waals surface area contributed by atoms with Crippen molar-refractivity contribution in [2.45, 2.75) is 52.0 Å². The second kappa shape index (κ2) is 13.6. The molecule has 0 aliphatic carbocycles. The molecule has 3 aromatic carbocycles. The number of benzene rings is 3. The lowest BCUT2D eigenvalue weighted by Gasteiger charge is -2.12. The van der Waals surface area contributed by atoms with Crippen LogP contribution in [0.15, 0.2) is 24.3 Å². The maximum absolute atomic E-state index is 14.2. The van der Waals surface area contributed by atoms with Crippen LogP contribution in [0.1, 0.15) is 66.3 Å². The number of nitrogens with zero attached hydrogens (tertiary/aromatic N) is 1. The summed E-state index contributed by atoms with van der Waals surface area (Å²) >= 11 is 0. The van der Waals surface area contributed by atoms with Crippen molar-refractivity contribution in [3.8, 4) is 11.5 Å². The molecule has 0 spiro atoms. The standard InChI is InChI=1S/C30H21F10NO4/c1-2-3-4-5-6-7-10-41-15-9-8-13(29(42)44-27-23(37)19(33)17(31)20(34)24(27)38)11-14(15)12-16(41)30(43)45-28-25(39)21(35)18(32)22(36)26(28)40/h8-9,11-12H,2-7,10H2,1H3. The number of fused-ring (bicyclic) bond motifs is 1. The lowest BCUT2D eigenvalue weighted by molar-refractivity contribution is 0.0700. The Morgan fingerprint density at radius 2 is 1.02 bits per heavy atom. The summed E-state index contributed by atoms with van der Waals surface area (Å²) in [6, 6.07) is 4.30. The molecule has 0 saturated carbocycles. The second-order valence-corrected chi connectivity index (χ2v) is 9.80. The highest BCUT2D eigenvalue weighted by molar-refractivity contribution is 6.00. The van der Waals surface area contributed by atoms with Crippen molar-refractivity contribution in [3.05, 3.63) is 93.7 Å². The Bertz CT molecular complexity index is 1750. The Kier molecular flexibility index (Phi) is 10.1. The summed E-state index contributed by atoms with van der Waals surface area (Å²) in [4.78, 5) is 25.6. The van der Waals surface area contributed by atoms with Crippen molar-refractivity contribution in [2.75, 3.05) is 0 Å². The van der Waals surface area contributed by atoms with Gasteiger partial charge in [-0.05, 0) is 30.7 Å². The van der Waals surface area contributed by atoms with E-state index in [9.17, 15) is 53.5 Å². The second-order valence-electron chi connectivity index (χ2n) is 9.80. The molecule has 0 fully saturated rings. The molecule has 0 aliphatic rings. The first-order valence-electron chi connectivity index (χ1n) is 13.4. The van der Waals surface area contributed by atoms with Crippen LogP contribution in [0, 0.1) is 58.2 Å². The number of rotatable bonds is 11. The Labute approximate surface area is 248 Å². The molecule has 0 saturated heterocycles. The average molecular weight is 649 g/mol. The lowest BCUT2D eigenvalue weighted by atomic mass is 10.1. The fourth-order valence-corrected chi connectivity index (χ4v) is 4.50. The molecule has 0 aliphatic heterocycles. The van der Waals surface area contributed by atoms with Gasteiger partial charge in [0.15, 0.2) is 0 Å². The molecule has 5 nitrogen and oxygen atoms in total. The number of unbranched alkanes of at least 4 members (excludes halogenated alkanes) is 5. The van der Waals surface area contributed by atoms with Gasteiger partial charge in [-0.1, -0.05) is 39.0 Å². The predicted octanol–water partition coefficient (Wildman–Crippen LogP) is 8.83. The van der Waals surface area contributed by atoms with Crippen LogP contribution in [-0.4, -0.2) is 16.5 Å². The molecule has 0 amide bonds. The summed E-state index contributed by atoms with van der Waals surface area (Å²) in [5, 5.41) is 0.0252. The van der Waals surface area contributed by atoms with E-state index in [-0.39, 0.29) is 17.4 Å². The predicted molar refractivity (Wildman–Crippen MR) is 138 cm³/mol. The minimum atomic E-state index is -2.47. The summed E-state index contributed by atoms with van der Waals surface area (Å²) in [5.74, 6) is -30.7. The molecule has 0 radical (unpaired) electrons. The highest BCUT2D eigenvalue weighted by Gasteiger charge is 2.31. The van der Waals surface area contributed by atoms with Crippen molar-refractivity contribution in [1.82, 2.24) is 4.57 Å². The Balaban J connectivity index is 1.70. The van der Waals surface area contributed by atoms with E-state index in [0.717, 1.165) is 43.9 Å². The lowest BCUT2D eigenvalue weighted by Crippen LogP contribution is -2.17. The van der Waals surface area contributed by atoms with Crippen LogP contribution in [0.25, 0.3) is 10.9 Å². The van der Waals surface area contributed by atoms with Gasteiger partial charge in [0.05, 0.1) is 5.56 Å². The molecular weight excluding hydrogens is 628 g/mol. The van der Waals surface area contributed by atoms with Gasteiger partial charge in [-0.25, -0.2) is 35.9 Å². The Morgan fingerprint density at radius 3 is 1.53 bits per heavy atom. The molecule has 0 unspecified atom stereocenters. The van der Waals surface area contributed by atoms with E-state index in [1.54, 1.807) is 0 Å². The third-order valence-electron chi connectivity index (χ3n) is 6.81. The average Bonchev–Trinajstić information content (AvgIpc) is 3.40. The fraction of sp³-hybridized carbons (Fsp3) is 0.267. The Morgan fingerprint density at radius 1 is 0.578 bits per heavy atom. The van der Waals surface area contributed by atoms with E-state index in [0.29, 0.717) is 12.8 Å². The topological polar surface area (TPSA) is 57.5 Å². The van der Waals surface area contributed by atoms with E-state index in [4.69, 9.17) is 0 Å². The van der Waals surface area contributed by atoms with Gasteiger partial charge in [-0.3, -0.25) is 0 Å². The minimum absolute atomic E-state index is 0.0252. The zero-order valence-corrected chi connectivity index (χ0v) is 23.1. The van der Waals surface area contributed by atoms with Crippen LogP contribution in [-0.2, 0) is 6.54 Å². The quantitative estimate of drug-likeness (QED) is 0.0407. The Hall–Kier alpha value is -4.56. The number of esters is 2. The van der Waals surface area contributed by atoms with Crippen LogP contribution < -0.4 is 9.47 Å². The summed E-state index contributed by atoms with van der Waals surface area (Å²) in [6.07, 6.45) is 4.84. The number of carbonyl (C=O) groups is 2. The van der Waals surface area contributed by atoms with Gasteiger partial charge in [0.2, 0.25) is 69.7 Å². The number of aromatic nitrogens is 1. The van der Waals surface area contributed by atoms with Gasteiger partial charge in [0, 0.05) is 17.4 Å². The van der Waals surface area contributed by atoms with E-state index < -0.39 is 92.9 Å². The van der Waals surface area contributed by atoms with Crippen molar-refractivity contribution in [1.29, 1.82) is 0 Å². The summed E-state index contributed by atoms with van der Waals surface area (Å²) in [7, 11) is 0. The van der Waals surface area contributed by atoms with Crippen molar-refractivity contribution in [3.63, 3.8) is 0 Å². The summed E-state index contributed by atoms with van der Waals surface area (Å²) in [5.41, 5.74) is -0.726. The van der Waals surface area contributed by atoms with E-state index in [2.05, 4.69) is 9.47 Å². The number of hydrogen-bond acceptors (Lipinski definition) is 4. The van der Waals surface area contributed by atoms with Crippen LogP contribution in [0.2, 0.25) is 0 Å². The van der Waals surface area contributed by atoms with Crippen LogP contribution in [0.4, 0.5) is 43.9 Å². The largest absolute Gasteiger partial charge is 0.416 e. The SMILES string of the molecule is CCCCCCCCn1c(C(=O)Oc2c(F)c(F)c(F)c(F)c2F)cc2cc(C(=O)Oc3c(F)c(F)c(F)c(F)c3F)ccc21. The molecule has 4 aromatic rings. The number of aryl methyl sites for hydroxylation is 1. The van der Waals surface area contributed by atoms with Crippen molar-refractivity contribution >= 4 is 22.8 Å². The van der Waals surface area contributed by atoms with Gasteiger partial charge in [-0.15, -0.1) is 0 Å². The monoisotopic (exact) mass is 649 g/mol. The van der Waals surface area contributed by atoms with E-state index in [1.165, 1.54) is 10.6 Å². The van der Waals surface area contributed by atoms with Gasteiger partial charge >= 0.3 is 11.9 Å². The van der Waals surface area contributed by atoms with Gasteiger partial charge < -0.3 is 14.0 Å². The van der Waals surface area contributed by atoms with Gasteiger partial charge in [0.1, 0.15) is 5.69 Å². The van der Waals surface area contributed by atoms with Gasteiger partial charge in [-0.2, -0.15) is 17.6 Å². The maximum Gasteiger partial charge on any atom is 0.360 e. The molecule has 45 heavy (non-hydrogen) atoms. The van der Waals surface area contributed by atoms with Crippen LogP contribution in [0.5, 0.6) is 11.5 Å². The fourth-order valence-electron chi connectivity index (χ4n) is 4.50. The number of hydrogen-bond donors (Lipinski definition) is 0. The van der Waals surface area contributed by atoms with E-state index in [1.807, 2.05) is 6.92 Å². The molecule has 15 heteroatoms. The summed E-state index contributed by atoms with van der Waals surface area (Å²) < 4.78 is 148. The zero-order chi connectivity index (χ0) is 33.2. The first-order valence-corrected chi connectivity index (χ1v) is 13.4. The minimum Gasteiger partial charge on any atom is -0.416 e. The third-order valence-corrected chi connectivity index (χ3v) is 6.81. The van der Waals surface area contributed by atoms with Gasteiger partial charge in [0.25, 0.3) is 0 Å². The third kappa shape index (κ3) is 6.47. The highest BCUT2D eigenvalue weighted by Crippen LogP contribution is 2.32. The molecule has 0 N–H and O–H groups in total. The molecule has 0 atom stereocenters. The highest BCUT2D eigenvalue weighted by atomic mass is 19.2. The number of halogens is 10. The maximum atomic E-state index is 14.2. The summed E-state index contributed by atoms with van der Waals surface area (Å²) in [6.45, 7) is 2.10. The number of ether oxygens (including phenoxy) is 2. The van der Waals surface area contributed by atoms with Crippen LogP contribution in [0.3, 0.4) is 0 Å². The molecule has 4 rings (SSSR count). The first kappa shape index (κ1) is 33.3. The molecule has 1 heterocycles. The number of carbonyl (C=O) groups excluding carboxylic acids is 2. The van der Waals surface area contributed by atoms with Crippen LogP contribution >= 0.6 is 0 Å². The van der Waals surface area contributed by atoms with E-state index >= 15 is 0 Å². The van der Waals surface area contributed by atoms with Crippen molar-refractivity contribution < 1.29 is 63.0 Å². The first-order chi connectivity index (χ1) is 21.3. The molecular formula is C30H21F10NO4. The smallest absolute Gasteiger partial charge is 0.360 e. The zero-order valence-electron chi connectivity index (χ0n) is 23.1. The van der Waals surface area contributed by atoms with Crippen molar-refractivity contribution in [2.24, 2.45) is 0 Å².